The highest BCUT2D eigenvalue weighted by atomic mass is 16.5. The second kappa shape index (κ2) is 5.09. The van der Waals surface area contributed by atoms with Crippen LogP contribution in [0.4, 0.5) is 0 Å². The number of ether oxygens (including phenoxy) is 1. The molecule has 0 radical (unpaired) electrons. The summed E-state index contributed by atoms with van der Waals surface area (Å²) >= 11 is 0. The number of carboxylic acid groups (broad SMARTS) is 1. The van der Waals surface area contributed by atoms with Crippen molar-refractivity contribution in [2.75, 3.05) is 6.61 Å². The molecule has 1 N–H and O–H groups in total. The van der Waals surface area contributed by atoms with Gasteiger partial charge in [-0.2, -0.15) is 5.10 Å². The predicted octanol–water partition coefficient (Wildman–Crippen LogP) is 2.73. The van der Waals surface area contributed by atoms with Crippen LogP contribution < -0.4 is 0 Å². The number of carboxylic acids is 1. The number of rotatable bonds is 3. The Balaban J connectivity index is 2.10. The lowest BCUT2D eigenvalue weighted by Gasteiger charge is -2.14. The third-order valence-corrected chi connectivity index (χ3v) is 3.55. The van der Waals surface area contributed by atoms with Gasteiger partial charge in [-0.05, 0) is 31.9 Å². The fraction of sp³-hybridized carbons (Fsp3) is 0.333. The first-order valence-corrected chi connectivity index (χ1v) is 6.66. The molecule has 0 aliphatic carbocycles. The molecule has 2 heterocycles. The zero-order chi connectivity index (χ0) is 14.1. The minimum Gasteiger partial charge on any atom is -0.478 e. The van der Waals surface area contributed by atoms with E-state index in [-0.39, 0.29) is 11.7 Å². The molecule has 1 aromatic carbocycles. The standard InChI is InChI=1S/C15H16N2O3/c1-10-4-6-11(7-5-10)17-14(13-3-2-8-20-13)12(9-16-17)15(18)19/h4-7,9,13H,2-3,8H2,1H3,(H,18,19). The molecule has 1 saturated heterocycles. The molecule has 1 atom stereocenters. The Morgan fingerprint density at radius 2 is 2.15 bits per heavy atom. The molecule has 1 fully saturated rings. The highest BCUT2D eigenvalue weighted by Crippen LogP contribution is 2.32. The maximum atomic E-state index is 11.4. The third-order valence-electron chi connectivity index (χ3n) is 3.55. The quantitative estimate of drug-likeness (QED) is 0.933. The molecule has 5 heteroatoms. The molecular formula is C15H16N2O3. The van der Waals surface area contributed by atoms with Crippen molar-refractivity contribution in [1.29, 1.82) is 0 Å². The lowest BCUT2D eigenvalue weighted by atomic mass is 10.1. The van der Waals surface area contributed by atoms with Crippen LogP contribution in [0, 0.1) is 6.92 Å². The summed E-state index contributed by atoms with van der Waals surface area (Å²) in [5, 5.41) is 13.6. The van der Waals surface area contributed by atoms with Crippen molar-refractivity contribution in [3.8, 4) is 5.69 Å². The predicted molar refractivity (Wildman–Crippen MR) is 73.2 cm³/mol. The summed E-state index contributed by atoms with van der Waals surface area (Å²) in [6.07, 6.45) is 2.99. The summed E-state index contributed by atoms with van der Waals surface area (Å²) < 4.78 is 7.33. The SMILES string of the molecule is Cc1ccc(-n2ncc(C(=O)O)c2C2CCCO2)cc1. The van der Waals surface area contributed by atoms with Crippen LogP contribution in [0.3, 0.4) is 0 Å². The molecule has 1 aromatic heterocycles. The topological polar surface area (TPSA) is 64.4 Å². The van der Waals surface area contributed by atoms with Gasteiger partial charge in [0.05, 0.1) is 17.6 Å². The van der Waals surface area contributed by atoms with Crippen molar-refractivity contribution in [2.24, 2.45) is 0 Å². The minimum atomic E-state index is -0.964. The van der Waals surface area contributed by atoms with Gasteiger partial charge in [-0.1, -0.05) is 17.7 Å². The van der Waals surface area contributed by atoms with Gasteiger partial charge < -0.3 is 9.84 Å². The number of nitrogens with zero attached hydrogens (tertiary/aromatic N) is 2. The van der Waals surface area contributed by atoms with E-state index in [9.17, 15) is 9.90 Å². The van der Waals surface area contributed by atoms with Crippen LogP contribution in [-0.2, 0) is 4.74 Å². The highest BCUT2D eigenvalue weighted by Gasteiger charge is 2.28. The first kappa shape index (κ1) is 12.9. The van der Waals surface area contributed by atoms with Gasteiger partial charge in [0.1, 0.15) is 11.7 Å². The van der Waals surface area contributed by atoms with Crippen LogP contribution in [0.1, 0.15) is 40.6 Å². The average molecular weight is 272 g/mol. The molecule has 0 spiro atoms. The van der Waals surface area contributed by atoms with E-state index in [1.165, 1.54) is 6.20 Å². The van der Waals surface area contributed by atoms with Gasteiger partial charge >= 0.3 is 5.97 Å². The maximum absolute atomic E-state index is 11.4. The number of aromatic carboxylic acids is 1. The number of aryl methyl sites for hydroxylation is 1. The van der Waals surface area contributed by atoms with E-state index in [1.54, 1.807) is 4.68 Å². The van der Waals surface area contributed by atoms with Crippen molar-refractivity contribution in [3.63, 3.8) is 0 Å². The van der Waals surface area contributed by atoms with Gasteiger partial charge in [0.15, 0.2) is 0 Å². The molecule has 104 valence electrons. The summed E-state index contributed by atoms with van der Waals surface area (Å²) in [5.41, 5.74) is 2.86. The Bertz CT molecular complexity index is 625. The lowest BCUT2D eigenvalue weighted by molar-refractivity contribution is 0.0679. The molecule has 0 amide bonds. The van der Waals surface area contributed by atoms with Gasteiger partial charge in [-0.25, -0.2) is 9.48 Å². The molecular weight excluding hydrogens is 256 g/mol. The summed E-state index contributed by atoms with van der Waals surface area (Å²) in [4.78, 5) is 11.4. The molecule has 0 bridgehead atoms. The molecule has 0 saturated carbocycles. The van der Waals surface area contributed by atoms with E-state index >= 15 is 0 Å². The van der Waals surface area contributed by atoms with Crippen LogP contribution >= 0.6 is 0 Å². The van der Waals surface area contributed by atoms with Crippen LogP contribution in [-0.4, -0.2) is 27.5 Å². The molecule has 3 rings (SSSR count). The fourth-order valence-electron chi connectivity index (χ4n) is 2.52. The van der Waals surface area contributed by atoms with Gasteiger partial charge in [0.25, 0.3) is 0 Å². The van der Waals surface area contributed by atoms with Gasteiger partial charge in [-0.3, -0.25) is 0 Å². The van der Waals surface area contributed by atoms with Crippen LogP contribution in [0.15, 0.2) is 30.5 Å². The largest absolute Gasteiger partial charge is 0.478 e. The zero-order valence-corrected chi connectivity index (χ0v) is 11.2. The van der Waals surface area contributed by atoms with Crippen molar-refractivity contribution in [1.82, 2.24) is 9.78 Å². The van der Waals surface area contributed by atoms with E-state index in [0.717, 1.165) is 24.1 Å². The summed E-state index contributed by atoms with van der Waals surface area (Å²) in [5.74, 6) is -0.964. The Morgan fingerprint density at radius 1 is 1.40 bits per heavy atom. The Hall–Kier alpha value is -2.14. The second-order valence-electron chi connectivity index (χ2n) is 5.00. The van der Waals surface area contributed by atoms with Gasteiger partial charge in [0, 0.05) is 6.61 Å². The number of carbonyl (C=O) groups is 1. The van der Waals surface area contributed by atoms with E-state index in [2.05, 4.69) is 5.10 Å². The normalized spacial score (nSPS) is 18.4. The van der Waals surface area contributed by atoms with Crippen molar-refractivity contribution in [2.45, 2.75) is 25.9 Å². The first-order chi connectivity index (χ1) is 9.66. The average Bonchev–Trinajstić information content (AvgIpc) is 3.08. The van der Waals surface area contributed by atoms with E-state index in [1.807, 2.05) is 31.2 Å². The fourth-order valence-corrected chi connectivity index (χ4v) is 2.52. The van der Waals surface area contributed by atoms with E-state index < -0.39 is 5.97 Å². The molecule has 2 aromatic rings. The van der Waals surface area contributed by atoms with Crippen molar-refractivity contribution in [3.05, 3.63) is 47.3 Å². The zero-order valence-electron chi connectivity index (χ0n) is 11.2. The first-order valence-electron chi connectivity index (χ1n) is 6.66. The Kier molecular flexibility index (Phi) is 3.28. The van der Waals surface area contributed by atoms with Gasteiger partial charge in [-0.15, -0.1) is 0 Å². The number of hydrogen-bond donors (Lipinski definition) is 1. The Morgan fingerprint density at radius 3 is 2.75 bits per heavy atom. The molecule has 1 aliphatic heterocycles. The number of aromatic nitrogens is 2. The second-order valence-corrected chi connectivity index (χ2v) is 5.00. The summed E-state index contributed by atoms with van der Waals surface area (Å²) in [6, 6.07) is 7.84. The van der Waals surface area contributed by atoms with Gasteiger partial charge in [0.2, 0.25) is 0 Å². The van der Waals surface area contributed by atoms with Crippen molar-refractivity contribution >= 4 is 5.97 Å². The van der Waals surface area contributed by atoms with Crippen LogP contribution in [0.5, 0.6) is 0 Å². The minimum absolute atomic E-state index is 0.190. The Labute approximate surface area is 116 Å². The molecule has 1 unspecified atom stereocenters. The molecule has 5 nitrogen and oxygen atoms in total. The van der Waals surface area contributed by atoms with Crippen LogP contribution in [0.25, 0.3) is 5.69 Å². The number of hydrogen-bond acceptors (Lipinski definition) is 3. The van der Waals surface area contributed by atoms with Crippen LogP contribution in [0.2, 0.25) is 0 Å². The summed E-state index contributed by atoms with van der Waals surface area (Å²) in [7, 11) is 0. The van der Waals surface area contributed by atoms with Crippen molar-refractivity contribution < 1.29 is 14.6 Å². The highest BCUT2D eigenvalue weighted by molar-refractivity contribution is 5.89. The maximum Gasteiger partial charge on any atom is 0.339 e. The molecule has 20 heavy (non-hydrogen) atoms. The monoisotopic (exact) mass is 272 g/mol. The van der Waals surface area contributed by atoms with E-state index in [0.29, 0.717) is 12.3 Å². The smallest absolute Gasteiger partial charge is 0.339 e. The molecule has 1 aliphatic rings. The number of benzene rings is 1. The van der Waals surface area contributed by atoms with E-state index in [4.69, 9.17) is 4.74 Å². The summed E-state index contributed by atoms with van der Waals surface area (Å²) in [6.45, 7) is 2.68. The third kappa shape index (κ3) is 2.20. The lowest BCUT2D eigenvalue weighted by Crippen LogP contribution is -2.11.